The fourth-order valence-electron chi connectivity index (χ4n) is 5.55. The van der Waals surface area contributed by atoms with E-state index in [2.05, 4.69) is 60.6 Å². The van der Waals surface area contributed by atoms with Crippen LogP contribution in [0.4, 0.5) is 0 Å². The number of nitrogens with zero attached hydrogens (tertiary/aromatic N) is 3. The lowest BCUT2D eigenvalue weighted by atomic mass is 10.1. The summed E-state index contributed by atoms with van der Waals surface area (Å²) in [4.78, 5) is 18.4. The highest BCUT2D eigenvalue weighted by molar-refractivity contribution is 7.28. The number of imidazole rings is 1. The summed E-state index contributed by atoms with van der Waals surface area (Å²) in [6, 6.07) is 13.9. The number of rotatable bonds is 14. The van der Waals surface area contributed by atoms with Gasteiger partial charge in [0.25, 0.3) is 0 Å². The van der Waals surface area contributed by atoms with Gasteiger partial charge in [-0.1, -0.05) is 52.4 Å². The molecular formula is C35H39N3OS4. The fourth-order valence-corrected chi connectivity index (χ4v) is 10.1. The third-order valence-electron chi connectivity index (χ3n) is 7.96. The molecular weight excluding hydrogens is 607 g/mol. The molecule has 0 aliphatic rings. The predicted octanol–water partition coefficient (Wildman–Crippen LogP) is 11.9. The zero-order valence-corrected chi connectivity index (χ0v) is 28.5. The SMILES string of the molecule is CCCCCCc1ccsc1-c1ccc(-c2ccc(-c3sc(-c4cn5c(O)c(C)nc5cn4)cc3CCCCCC)s2)s1. The fraction of sp³-hybridized carbons (Fsp3) is 0.371. The van der Waals surface area contributed by atoms with Gasteiger partial charge < -0.3 is 5.11 Å². The van der Waals surface area contributed by atoms with Crippen LogP contribution < -0.4 is 0 Å². The Morgan fingerprint density at radius 3 is 2.07 bits per heavy atom. The van der Waals surface area contributed by atoms with Crippen LogP contribution in [-0.2, 0) is 12.8 Å². The molecule has 0 aromatic carbocycles. The van der Waals surface area contributed by atoms with E-state index < -0.39 is 0 Å². The smallest absolute Gasteiger partial charge is 0.219 e. The molecule has 0 saturated carbocycles. The molecule has 0 amide bonds. The summed E-state index contributed by atoms with van der Waals surface area (Å²) in [5, 5.41) is 12.8. The first-order valence-electron chi connectivity index (χ1n) is 15.5. The normalized spacial score (nSPS) is 11.7. The lowest BCUT2D eigenvalue weighted by molar-refractivity contribution is 0.444. The van der Waals surface area contributed by atoms with E-state index in [1.807, 2.05) is 58.5 Å². The van der Waals surface area contributed by atoms with Gasteiger partial charge in [0.2, 0.25) is 5.88 Å². The van der Waals surface area contributed by atoms with Crippen molar-refractivity contribution in [3.63, 3.8) is 0 Å². The molecule has 6 aromatic rings. The molecule has 0 fully saturated rings. The molecule has 0 aliphatic heterocycles. The molecule has 1 N–H and O–H groups in total. The zero-order valence-electron chi connectivity index (χ0n) is 25.2. The Morgan fingerprint density at radius 2 is 1.37 bits per heavy atom. The Morgan fingerprint density at radius 1 is 0.721 bits per heavy atom. The van der Waals surface area contributed by atoms with E-state index in [4.69, 9.17) is 4.98 Å². The van der Waals surface area contributed by atoms with Gasteiger partial charge >= 0.3 is 0 Å². The number of aryl methyl sites for hydroxylation is 3. The number of unbranched alkanes of at least 4 members (excludes halogenated alkanes) is 6. The van der Waals surface area contributed by atoms with Crippen molar-refractivity contribution in [3.8, 4) is 45.7 Å². The van der Waals surface area contributed by atoms with Crippen LogP contribution in [0.3, 0.4) is 0 Å². The summed E-state index contributed by atoms with van der Waals surface area (Å²) in [6.07, 6.45) is 16.1. The van der Waals surface area contributed by atoms with Gasteiger partial charge in [0.05, 0.1) is 16.8 Å². The molecule has 43 heavy (non-hydrogen) atoms. The molecule has 0 spiro atoms. The molecule has 4 nitrogen and oxygen atoms in total. The third kappa shape index (κ3) is 6.68. The second-order valence-electron chi connectivity index (χ2n) is 11.2. The number of hydrogen-bond donors (Lipinski definition) is 1. The Labute approximate surface area is 270 Å². The number of hydrogen-bond acceptors (Lipinski definition) is 7. The molecule has 0 bridgehead atoms. The minimum Gasteiger partial charge on any atom is -0.493 e. The van der Waals surface area contributed by atoms with Crippen molar-refractivity contribution in [2.45, 2.75) is 85.0 Å². The highest BCUT2D eigenvalue weighted by Gasteiger charge is 2.18. The van der Waals surface area contributed by atoms with Gasteiger partial charge in [0.1, 0.15) is 5.69 Å². The molecule has 224 valence electrons. The monoisotopic (exact) mass is 645 g/mol. The molecule has 0 radical (unpaired) electrons. The van der Waals surface area contributed by atoms with Gasteiger partial charge in [-0.15, -0.1) is 45.3 Å². The maximum absolute atomic E-state index is 10.5. The number of aromatic nitrogens is 3. The number of fused-ring (bicyclic) bond motifs is 1. The summed E-state index contributed by atoms with van der Waals surface area (Å²) < 4.78 is 1.74. The van der Waals surface area contributed by atoms with Gasteiger partial charge in [0.15, 0.2) is 5.65 Å². The van der Waals surface area contributed by atoms with Crippen molar-refractivity contribution in [2.24, 2.45) is 0 Å². The van der Waals surface area contributed by atoms with Crippen LogP contribution in [0.1, 0.15) is 82.0 Å². The summed E-state index contributed by atoms with van der Waals surface area (Å²) in [7, 11) is 0. The molecule has 0 aliphatic carbocycles. The molecule has 0 atom stereocenters. The van der Waals surface area contributed by atoms with Gasteiger partial charge in [-0.25, -0.2) is 9.97 Å². The average molecular weight is 646 g/mol. The third-order valence-corrected chi connectivity index (χ3v) is 12.8. The predicted molar refractivity (Wildman–Crippen MR) is 188 cm³/mol. The van der Waals surface area contributed by atoms with E-state index >= 15 is 0 Å². The Kier molecular flexibility index (Phi) is 9.77. The second-order valence-corrected chi connectivity index (χ2v) is 15.3. The van der Waals surface area contributed by atoms with E-state index in [9.17, 15) is 5.11 Å². The molecule has 0 unspecified atom stereocenters. The van der Waals surface area contributed by atoms with Crippen LogP contribution in [0.2, 0.25) is 0 Å². The molecule has 6 heterocycles. The van der Waals surface area contributed by atoms with Gasteiger partial charge in [-0.3, -0.25) is 4.40 Å². The van der Waals surface area contributed by atoms with Crippen LogP contribution in [0, 0.1) is 6.92 Å². The van der Waals surface area contributed by atoms with Crippen LogP contribution in [0.25, 0.3) is 45.5 Å². The van der Waals surface area contributed by atoms with E-state index in [1.54, 1.807) is 10.6 Å². The highest BCUT2D eigenvalue weighted by atomic mass is 32.1. The number of thiophene rings is 4. The maximum Gasteiger partial charge on any atom is 0.219 e. The Balaban J connectivity index is 1.27. The first kappa shape index (κ1) is 30.3. The summed E-state index contributed by atoms with van der Waals surface area (Å²) in [6.45, 7) is 6.36. The van der Waals surface area contributed by atoms with Crippen molar-refractivity contribution in [1.29, 1.82) is 0 Å². The molecule has 8 heteroatoms. The first-order chi connectivity index (χ1) is 21.1. The minimum absolute atomic E-state index is 0.180. The largest absolute Gasteiger partial charge is 0.493 e. The quantitative estimate of drug-likeness (QED) is 0.120. The van der Waals surface area contributed by atoms with Crippen molar-refractivity contribution in [1.82, 2.24) is 14.4 Å². The molecule has 0 saturated heterocycles. The molecule has 6 rings (SSSR count). The number of aromatic hydroxyl groups is 1. The van der Waals surface area contributed by atoms with Crippen LogP contribution >= 0.6 is 45.3 Å². The van der Waals surface area contributed by atoms with Crippen molar-refractivity contribution in [2.75, 3.05) is 0 Å². The second kappa shape index (κ2) is 13.9. The van der Waals surface area contributed by atoms with E-state index in [0.717, 1.165) is 17.0 Å². The average Bonchev–Trinajstić information content (AvgIpc) is 3.84. The summed E-state index contributed by atoms with van der Waals surface area (Å²) in [5.74, 6) is 0.180. The van der Waals surface area contributed by atoms with Gasteiger partial charge in [0, 0.05) is 35.5 Å². The molecule has 6 aromatic heterocycles. The van der Waals surface area contributed by atoms with Gasteiger partial charge in [-0.2, -0.15) is 0 Å². The topological polar surface area (TPSA) is 50.4 Å². The van der Waals surface area contributed by atoms with E-state index in [0.29, 0.717) is 11.3 Å². The van der Waals surface area contributed by atoms with Crippen molar-refractivity contribution in [3.05, 3.63) is 71.0 Å². The van der Waals surface area contributed by atoms with Gasteiger partial charge in [-0.05, 0) is 85.5 Å². The Bertz CT molecular complexity index is 1800. The minimum atomic E-state index is 0.180. The van der Waals surface area contributed by atoms with Crippen molar-refractivity contribution >= 4 is 51.0 Å². The standard InChI is InChI=1S/C35H39N3OS4/c1-4-6-8-10-12-24-18-19-40-33(24)29-16-14-27(41-29)28-15-17-30(42-28)34-25(13-11-9-7-5-2)20-31(43-34)26-22-38-32(21-36-26)37-23(3)35(38)39/h14-22,39H,4-13H2,1-3H3. The van der Waals surface area contributed by atoms with Crippen LogP contribution in [0.15, 0.2) is 54.2 Å². The summed E-state index contributed by atoms with van der Waals surface area (Å²) >= 11 is 7.51. The maximum atomic E-state index is 10.5. The van der Waals surface area contributed by atoms with Crippen LogP contribution in [-0.4, -0.2) is 19.5 Å². The van der Waals surface area contributed by atoms with Crippen LogP contribution in [0.5, 0.6) is 5.88 Å². The zero-order chi connectivity index (χ0) is 29.8. The highest BCUT2D eigenvalue weighted by Crippen LogP contribution is 2.46. The van der Waals surface area contributed by atoms with E-state index in [-0.39, 0.29) is 5.88 Å². The van der Waals surface area contributed by atoms with E-state index in [1.165, 1.54) is 98.2 Å². The lowest BCUT2D eigenvalue weighted by Gasteiger charge is -2.02. The van der Waals surface area contributed by atoms with Crippen molar-refractivity contribution < 1.29 is 5.11 Å². The Hall–Kier alpha value is -2.78. The first-order valence-corrected chi connectivity index (χ1v) is 18.8. The lowest BCUT2D eigenvalue weighted by Crippen LogP contribution is -1.89. The summed E-state index contributed by atoms with van der Waals surface area (Å²) in [5.41, 5.74) is 5.06.